The molecule has 1 aliphatic rings. The third-order valence-corrected chi connectivity index (χ3v) is 4.46. The van der Waals surface area contributed by atoms with E-state index in [9.17, 15) is 4.79 Å². The number of carbonyl (C=O) groups is 1. The largest absolute Gasteiger partial charge is 0.357 e. The molecule has 0 saturated carbocycles. The summed E-state index contributed by atoms with van der Waals surface area (Å²) in [6, 6.07) is 5.82. The molecule has 1 amide bonds. The van der Waals surface area contributed by atoms with Gasteiger partial charge in [0.05, 0.1) is 6.42 Å². The fraction of sp³-hybridized carbons (Fsp3) is 0.389. The van der Waals surface area contributed by atoms with Crippen molar-refractivity contribution < 1.29 is 4.79 Å². The molecule has 8 heteroatoms. The van der Waals surface area contributed by atoms with Crippen LogP contribution in [0.3, 0.4) is 0 Å². The second-order valence-corrected chi connectivity index (χ2v) is 6.42. The van der Waals surface area contributed by atoms with E-state index in [-0.39, 0.29) is 12.3 Å². The number of nitrogens with one attached hydrogen (secondary N) is 1. The average molecular weight is 351 g/mol. The third-order valence-electron chi connectivity index (χ3n) is 4.46. The zero-order valence-corrected chi connectivity index (χ0v) is 14.5. The molecule has 1 aliphatic heterocycles. The standard InChI is InChI=1S/C18H21N7O/c26-17(11-15-22-18-19-7-4-10-25(18)23-15)21-13-14-5-6-16(20-12-14)24-8-2-1-3-9-24/h4-7,10,12H,1-3,8-9,11,13H2,(H,21,26). The number of amides is 1. The van der Waals surface area contributed by atoms with Gasteiger partial charge >= 0.3 is 0 Å². The molecule has 0 aliphatic carbocycles. The number of rotatable bonds is 5. The summed E-state index contributed by atoms with van der Waals surface area (Å²) in [6.45, 7) is 2.59. The van der Waals surface area contributed by atoms with Crippen molar-refractivity contribution in [1.82, 2.24) is 29.9 Å². The Kier molecular flexibility index (Phi) is 4.72. The Morgan fingerprint density at radius 3 is 2.81 bits per heavy atom. The van der Waals surface area contributed by atoms with Crippen LogP contribution in [0.2, 0.25) is 0 Å². The molecule has 0 bridgehead atoms. The van der Waals surface area contributed by atoms with Crippen LogP contribution in [0, 0.1) is 0 Å². The number of pyridine rings is 1. The van der Waals surface area contributed by atoms with Gasteiger partial charge in [-0.05, 0) is 37.0 Å². The Morgan fingerprint density at radius 2 is 2.04 bits per heavy atom. The van der Waals surface area contributed by atoms with Crippen molar-refractivity contribution in [2.45, 2.75) is 32.2 Å². The van der Waals surface area contributed by atoms with Gasteiger partial charge in [0.1, 0.15) is 5.82 Å². The van der Waals surface area contributed by atoms with Crippen LogP contribution in [0.15, 0.2) is 36.8 Å². The van der Waals surface area contributed by atoms with E-state index in [1.54, 1.807) is 23.0 Å². The zero-order valence-electron chi connectivity index (χ0n) is 14.5. The minimum atomic E-state index is -0.124. The summed E-state index contributed by atoms with van der Waals surface area (Å²) in [6.07, 6.45) is 9.12. The first-order valence-corrected chi connectivity index (χ1v) is 8.91. The Hall–Kier alpha value is -3.03. The summed E-state index contributed by atoms with van der Waals surface area (Å²) in [7, 11) is 0. The highest BCUT2D eigenvalue weighted by molar-refractivity contribution is 5.77. The van der Waals surface area contributed by atoms with E-state index in [4.69, 9.17) is 0 Å². The van der Waals surface area contributed by atoms with Gasteiger partial charge in [0.15, 0.2) is 5.82 Å². The van der Waals surface area contributed by atoms with Gasteiger partial charge in [0.2, 0.25) is 5.91 Å². The second kappa shape index (κ2) is 7.47. The molecular weight excluding hydrogens is 330 g/mol. The number of carbonyl (C=O) groups excluding carboxylic acids is 1. The van der Waals surface area contributed by atoms with Crippen molar-refractivity contribution in [2.75, 3.05) is 18.0 Å². The first kappa shape index (κ1) is 16.4. The van der Waals surface area contributed by atoms with Gasteiger partial charge in [-0.2, -0.15) is 4.98 Å². The number of hydrogen-bond donors (Lipinski definition) is 1. The van der Waals surface area contributed by atoms with Gasteiger partial charge in [-0.25, -0.2) is 14.5 Å². The molecule has 0 unspecified atom stereocenters. The third kappa shape index (κ3) is 3.79. The molecule has 1 N–H and O–H groups in total. The molecule has 3 aromatic rings. The van der Waals surface area contributed by atoms with Gasteiger partial charge in [0, 0.05) is 38.2 Å². The lowest BCUT2D eigenvalue weighted by Gasteiger charge is -2.27. The van der Waals surface area contributed by atoms with Crippen molar-refractivity contribution in [3.8, 4) is 0 Å². The molecule has 1 fully saturated rings. The van der Waals surface area contributed by atoms with Crippen LogP contribution in [0.4, 0.5) is 5.82 Å². The smallest absolute Gasteiger partial charge is 0.252 e. The van der Waals surface area contributed by atoms with Crippen LogP contribution in [-0.2, 0) is 17.8 Å². The monoisotopic (exact) mass is 351 g/mol. The summed E-state index contributed by atoms with van der Waals surface area (Å²) >= 11 is 0. The fourth-order valence-corrected chi connectivity index (χ4v) is 3.09. The number of fused-ring (bicyclic) bond motifs is 1. The number of nitrogens with zero attached hydrogens (tertiary/aromatic N) is 6. The van der Waals surface area contributed by atoms with E-state index < -0.39 is 0 Å². The highest BCUT2D eigenvalue weighted by Crippen LogP contribution is 2.17. The SMILES string of the molecule is O=C(Cc1nc2ncccn2n1)NCc1ccc(N2CCCCC2)nc1. The van der Waals surface area contributed by atoms with E-state index in [0.717, 1.165) is 24.5 Å². The van der Waals surface area contributed by atoms with E-state index in [1.165, 1.54) is 19.3 Å². The maximum Gasteiger partial charge on any atom is 0.252 e. The lowest BCUT2D eigenvalue weighted by molar-refractivity contribution is -0.120. The molecule has 4 rings (SSSR count). The van der Waals surface area contributed by atoms with Gasteiger partial charge in [-0.1, -0.05) is 6.07 Å². The maximum absolute atomic E-state index is 12.1. The summed E-state index contributed by atoms with van der Waals surface area (Å²) in [5.41, 5.74) is 0.976. The average Bonchev–Trinajstić information content (AvgIpc) is 3.09. The second-order valence-electron chi connectivity index (χ2n) is 6.42. The molecule has 3 aromatic heterocycles. The topological polar surface area (TPSA) is 88.3 Å². The van der Waals surface area contributed by atoms with Crippen LogP contribution in [0.1, 0.15) is 30.7 Å². The Bertz CT molecular complexity index is 851. The molecule has 8 nitrogen and oxygen atoms in total. The van der Waals surface area contributed by atoms with Gasteiger partial charge in [-0.3, -0.25) is 4.79 Å². The van der Waals surface area contributed by atoms with Gasteiger partial charge in [0.25, 0.3) is 5.78 Å². The molecule has 4 heterocycles. The lowest BCUT2D eigenvalue weighted by atomic mass is 10.1. The van der Waals surface area contributed by atoms with Crippen molar-refractivity contribution >= 4 is 17.5 Å². The maximum atomic E-state index is 12.1. The lowest BCUT2D eigenvalue weighted by Crippen LogP contribution is -2.30. The van der Waals surface area contributed by atoms with Crippen LogP contribution in [0.25, 0.3) is 5.78 Å². The predicted octanol–water partition coefficient (Wildman–Crippen LogP) is 1.37. The minimum absolute atomic E-state index is 0.124. The number of aromatic nitrogens is 5. The first-order valence-electron chi connectivity index (χ1n) is 8.91. The zero-order chi connectivity index (χ0) is 17.8. The van der Waals surface area contributed by atoms with Crippen LogP contribution >= 0.6 is 0 Å². The molecule has 0 aromatic carbocycles. The molecular formula is C18H21N7O. The van der Waals surface area contributed by atoms with Gasteiger partial charge < -0.3 is 10.2 Å². The van der Waals surface area contributed by atoms with Crippen molar-refractivity contribution in [3.63, 3.8) is 0 Å². The number of hydrogen-bond acceptors (Lipinski definition) is 6. The number of anilines is 1. The molecule has 0 radical (unpaired) electrons. The Morgan fingerprint density at radius 1 is 1.15 bits per heavy atom. The van der Waals surface area contributed by atoms with Crippen LogP contribution in [0.5, 0.6) is 0 Å². The van der Waals surface area contributed by atoms with Crippen molar-refractivity contribution in [3.05, 3.63) is 48.2 Å². The predicted molar refractivity (Wildman–Crippen MR) is 96.6 cm³/mol. The molecule has 26 heavy (non-hydrogen) atoms. The van der Waals surface area contributed by atoms with E-state index in [0.29, 0.717) is 18.1 Å². The number of piperidine rings is 1. The van der Waals surface area contributed by atoms with Gasteiger partial charge in [-0.15, -0.1) is 5.10 Å². The summed E-state index contributed by atoms with van der Waals surface area (Å²) in [5.74, 6) is 1.84. The summed E-state index contributed by atoms with van der Waals surface area (Å²) in [4.78, 5) is 27.3. The highest BCUT2D eigenvalue weighted by atomic mass is 16.1. The normalized spacial score (nSPS) is 14.5. The first-order chi connectivity index (χ1) is 12.8. The van der Waals surface area contributed by atoms with E-state index in [1.807, 2.05) is 18.3 Å². The molecule has 134 valence electrons. The van der Waals surface area contributed by atoms with E-state index in [2.05, 4.69) is 30.3 Å². The van der Waals surface area contributed by atoms with E-state index >= 15 is 0 Å². The minimum Gasteiger partial charge on any atom is -0.357 e. The van der Waals surface area contributed by atoms with Crippen molar-refractivity contribution in [2.24, 2.45) is 0 Å². The quantitative estimate of drug-likeness (QED) is 0.747. The van der Waals surface area contributed by atoms with Crippen LogP contribution in [-0.4, -0.2) is 43.6 Å². The summed E-state index contributed by atoms with van der Waals surface area (Å²) < 4.78 is 1.56. The Labute approximate surface area is 151 Å². The fourth-order valence-electron chi connectivity index (χ4n) is 3.09. The molecule has 1 saturated heterocycles. The molecule has 0 spiro atoms. The van der Waals surface area contributed by atoms with Crippen LogP contribution < -0.4 is 10.2 Å². The highest BCUT2D eigenvalue weighted by Gasteiger charge is 2.12. The van der Waals surface area contributed by atoms with Crippen molar-refractivity contribution in [1.29, 1.82) is 0 Å². The molecule has 0 atom stereocenters. The Balaban J connectivity index is 1.31. The summed E-state index contributed by atoms with van der Waals surface area (Å²) in [5, 5.41) is 7.12.